The second-order valence-electron chi connectivity index (χ2n) is 0.854. The third-order valence-corrected chi connectivity index (χ3v) is 1.44. The Bertz CT molecular complexity index is 64.7. The topological polar surface area (TPSA) is 17.1 Å². The molecule has 0 aromatic rings. The zero-order valence-electron chi connectivity index (χ0n) is 3.82. The smallest absolute Gasteiger partial charge is 0.203 e. The van der Waals surface area contributed by atoms with Crippen molar-refractivity contribution in [3.05, 3.63) is 6.92 Å². The monoisotopic (exact) mass is 137 g/mol. The molecule has 0 heterocycles. The lowest BCUT2D eigenvalue weighted by Gasteiger charge is -1.85. The highest BCUT2D eigenvalue weighted by Crippen LogP contribution is 2.00. The molecule has 0 atom stereocenters. The Balaban J connectivity index is 3.00. The molecule has 0 saturated heterocycles. The minimum Gasteiger partial charge on any atom is -0.286 e. The van der Waals surface area contributed by atoms with Crippen molar-refractivity contribution in [1.29, 1.82) is 0 Å². The van der Waals surface area contributed by atoms with Crippen molar-refractivity contribution < 1.29 is 4.79 Å². The lowest BCUT2D eigenvalue weighted by Crippen LogP contribution is -1.90. The van der Waals surface area contributed by atoms with Crippen molar-refractivity contribution >= 4 is 28.5 Å². The molecule has 7 heavy (non-hydrogen) atoms. The number of halogens is 1. The van der Waals surface area contributed by atoms with Crippen LogP contribution in [-0.2, 0) is 4.79 Å². The van der Waals surface area contributed by atoms with E-state index < -0.39 is 0 Å². The molecule has 41 valence electrons. The van der Waals surface area contributed by atoms with Crippen LogP contribution in [0.25, 0.3) is 0 Å². The molecule has 0 aromatic heterocycles. The maximum atomic E-state index is 10.2. The molecule has 0 saturated carbocycles. The number of thioether (sulfide) groups is 1. The van der Waals surface area contributed by atoms with Crippen LogP contribution in [0.5, 0.6) is 0 Å². The highest BCUT2D eigenvalue weighted by molar-refractivity contribution is 8.13. The molecule has 0 rings (SSSR count). The minimum atomic E-state index is -0.00309. The van der Waals surface area contributed by atoms with Crippen LogP contribution in [-0.4, -0.2) is 16.7 Å². The molecule has 0 aliphatic carbocycles. The summed E-state index contributed by atoms with van der Waals surface area (Å²) in [6, 6.07) is 0. The summed E-state index contributed by atoms with van der Waals surface area (Å²) in [6.45, 7) is 3.46. The number of hydrogen-bond donors (Lipinski definition) is 0. The van der Waals surface area contributed by atoms with Crippen LogP contribution < -0.4 is 0 Å². The zero-order valence-corrected chi connectivity index (χ0v) is 5.39. The van der Waals surface area contributed by atoms with Crippen molar-refractivity contribution in [1.82, 2.24) is 0 Å². The Labute approximate surface area is 52.4 Å². The summed E-state index contributed by atoms with van der Waals surface area (Å²) < 4.78 is 0. The Morgan fingerprint density at radius 2 is 2.43 bits per heavy atom. The summed E-state index contributed by atoms with van der Waals surface area (Å²) in [6.07, 6.45) is 0. The second-order valence-corrected chi connectivity index (χ2v) is 2.27. The van der Waals surface area contributed by atoms with Gasteiger partial charge in [0.05, 0.1) is 5.88 Å². The normalized spacial score (nSPS) is 8.86. The van der Waals surface area contributed by atoms with Gasteiger partial charge in [0.2, 0.25) is 5.12 Å². The van der Waals surface area contributed by atoms with Gasteiger partial charge in [-0.3, -0.25) is 4.79 Å². The molecule has 0 fully saturated rings. The fourth-order valence-corrected chi connectivity index (χ4v) is 0.689. The predicted octanol–water partition coefficient (Wildman–Crippen LogP) is 1.32. The van der Waals surface area contributed by atoms with Gasteiger partial charge in [-0.1, -0.05) is 11.8 Å². The summed E-state index contributed by atoms with van der Waals surface area (Å²) in [4.78, 5) is 10.2. The Kier molecular flexibility index (Phi) is 4.67. The molecule has 0 aliphatic heterocycles. The van der Waals surface area contributed by atoms with E-state index in [1.165, 1.54) is 0 Å². The largest absolute Gasteiger partial charge is 0.286 e. The van der Waals surface area contributed by atoms with Crippen molar-refractivity contribution in [3.8, 4) is 0 Å². The highest BCUT2D eigenvalue weighted by atomic mass is 35.5. The summed E-state index contributed by atoms with van der Waals surface area (Å²) in [5, 5.41) is -0.00309. The van der Waals surface area contributed by atoms with Gasteiger partial charge in [-0.25, -0.2) is 0 Å². The fourth-order valence-electron chi connectivity index (χ4n) is 0.152. The third kappa shape index (κ3) is 4.16. The van der Waals surface area contributed by atoms with E-state index in [9.17, 15) is 4.79 Å². The van der Waals surface area contributed by atoms with Crippen molar-refractivity contribution in [3.63, 3.8) is 0 Å². The summed E-state index contributed by atoms with van der Waals surface area (Å²) in [5.41, 5.74) is 0. The van der Waals surface area contributed by atoms with Crippen molar-refractivity contribution in [2.75, 3.05) is 11.6 Å². The standard InChI is InChI=1S/C4H6ClOS/c1-2-7-4(6)3-5/h1-3H2. The number of rotatable bonds is 2. The quantitative estimate of drug-likeness (QED) is 0.534. The van der Waals surface area contributed by atoms with Crippen LogP contribution >= 0.6 is 23.4 Å². The maximum Gasteiger partial charge on any atom is 0.203 e. The van der Waals surface area contributed by atoms with Crippen molar-refractivity contribution in [2.45, 2.75) is 0 Å². The van der Waals surface area contributed by atoms with E-state index in [2.05, 4.69) is 6.92 Å². The van der Waals surface area contributed by atoms with Gasteiger partial charge in [0.25, 0.3) is 0 Å². The van der Waals surface area contributed by atoms with Gasteiger partial charge < -0.3 is 0 Å². The van der Waals surface area contributed by atoms with Gasteiger partial charge in [-0.05, 0) is 6.92 Å². The first-order valence-corrected chi connectivity index (χ1v) is 3.34. The van der Waals surface area contributed by atoms with E-state index in [1.807, 2.05) is 0 Å². The van der Waals surface area contributed by atoms with Gasteiger partial charge in [0.15, 0.2) is 0 Å². The van der Waals surface area contributed by atoms with E-state index in [4.69, 9.17) is 11.6 Å². The fraction of sp³-hybridized carbons (Fsp3) is 0.500. The number of hydrogen-bond acceptors (Lipinski definition) is 2. The summed E-state index contributed by atoms with van der Waals surface area (Å²) >= 11 is 6.28. The van der Waals surface area contributed by atoms with Crippen LogP contribution in [0, 0.1) is 6.92 Å². The lowest BCUT2D eigenvalue weighted by atomic mass is 10.9. The second kappa shape index (κ2) is 4.47. The van der Waals surface area contributed by atoms with Crippen LogP contribution in [0.2, 0.25) is 0 Å². The number of alkyl halides is 1. The molecule has 0 amide bonds. The molecule has 3 heteroatoms. The molecule has 1 nitrogen and oxygen atoms in total. The van der Waals surface area contributed by atoms with Gasteiger partial charge in [0.1, 0.15) is 0 Å². The average Bonchev–Trinajstić information content (AvgIpc) is 1.68. The molecule has 0 aliphatic rings. The molecular formula is C4H6ClOS. The first-order chi connectivity index (χ1) is 3.31. The third-order valence-electron chi connectivity index (χ3n) is 0.372. The van der Waals surface area contributed by atoms with Crippen LogP contribution in [0.15, 0.2) is 0 Å². The predicted molar refractivity (Wildman–Crippen MR) is 33.5 cm³/mol. The average molecular weight is 138 g/mol. The molecule has 1 radical (unpaired) electrons. The minimum absolute atomic E-state index is 0.00309. The maximum absolute atomic E-state index is 10.2. The SMILES string of the molecule is [CH2]CSC(=O)CCl. The van der Waals surface area contributed by atoms with E-state index in [0.29, 0.717) is 5.75 Å². The number of carbonyl (C=O) groups excluding carboxylic acids is 1. The van der Waals surface area contributed by atoms with E-state index in [0.717, 1.165) is 11.8 Å². The summed E-state index contributed by atoms with van der Waals surface area (Å²) in [7, 11) is 0. The molecule has 0 N–H and O–H groups in total. The van der Waals surface area contributed by atoms with Crippen molar-refractivity contribution in [2.24, 2.45) is 0 Å². The zero-order chi connectivity index (χ0) is 5.70. The van der Waals surface area contributed by atoms with E-state index in [1.54, 1.807) is 0 Å². The van der Waals surface area contributed by atoms with Crippen LogP contribution in [0.3, 0.4) is 0 Å². The first-order valence-electron chi connectivity index (χ1n) is 1.82. The Hall–Kier alpha value is 0.310. The van der Waals surface area contributed by atoms with Gasteiger partial charge in [-0.15, -0.1) is 11.6 Å². The molecule has 0 bridgehead atoms. The van der Waals surface area contributed by atoms with Gasteiger partial charge >= 0.3 is 0 Å². The molecule has 0 aromatic carbocycles. The molecule has 0 spiro atoms. The van der Waals surface area contributed by atoms with Gasteiger partial charge in [-0.2, -0.15) is 0 Å². The Morgan fingerprint density at radius 3 is 2.57 bits per heavy atom. The number of carbonyl (C=O) groups is 1. The first kappa shape index (κ1) is 7.31. The van der Waals surface area contributed by atoms with E-state index >= 15 is 0 Å². The summed E-state index contributed by atoms with van der Waals surface area (Å²) in [5.74, 6) is 0.672. The van der Waals surface area contributed by atoms with Crippen LogP contribution in [0.1, 0.15) is 0 Å². The molecule has 0 unspecified atom stereocenters. The lowest BCUT2D eigenvalue weighted by molar-refractivity contribution is -0.108. The van der Waals surface area contributed by atoms with E-state index in [-0.39, 0.29) is 11.0 Å². The highest BCUT2D eigenvalue weighted by Gasteiger charge is 1.93. The van der Waals surface area contributed by atoms with Gasteiger partial charge in [0, 0.05) is 5.75 Å². The Morgan fingerprint density at radius 1 is 1.86 bits per heavy atom. The van der Waals surface area contributed by atoms with Crippen LogP contribution in [0.4, 0.5) is 0 Å². The molecular weight excluding hydrogens is 132 g/mol.